The van der Waals surface area contributed by atoms with Gasteiger partial charge in [0.05, 0.1) is 18.4 Å². The van der Waals surface area contributed by atoms with Gasteiger partial charge in [-0.25, -0.2) is 22.8 Å². The zero-order valence-corrected chi connectivity index (χ0v) is 13.5. The average Bonchev–Trinajstić information content (AvgIpc) is 2.56. The molecule has 2 amide bonds. The third-order valence-electron chi connectivity index (χ3n) is 3.36. The Morgan fingerprint density at radius 2 is 1.84 bits per heavy atom. The van der Waals surface area contributed by atoms with Crippen molar-refractivity contribution in [2.45, 2.75) is 6.54 Å². The van der Waals surface area contributed by atoms with Crippen molar-refractivity contribution in [2.75, 3.05) is 19.5 Å². The molecular formula is C17H15F3N2O3. The summed E-state index contributed by atoms with van der Waals surface area (Å²) in [6.07, 6.45) is 0. The molecule has 0 aliphatic rings. The molecule has 8 heteroatoms. The number of anilines is 1. The lowest BCUT2D eigenvalue weighted by Crippen LogP contribution is -2.31. The number of nitrogens with zero attached hydrogens (tertiary/aromatic N) is 1. The van der Waals surface area contributed by atoms with Crippen molar-refractivity contribution in [1.29, 1.82) is 0 Å². The van der Waals surface area contributed by atoms with Gasteiger partial charge in [-0.1, -0.05) is 12.1 Å². The van der Waals surface area contributed by atoms with Gasteiger partial charge in [-0.2, -0.15) is 0 Å². The second-order valence-electron chi connectivity index (χ2n) is 5.22. The van der Waals surface area contributed by atoms with Crippen molar-refractivity contribution >= 4 is 17.7 Å². The summed E-state index contributed by atoms with van der Waals surface area (Å²) in [4.78, 5) is 24.8. The number of methoxy groups -OCH3 is 1. The minimum absolute atomic E-state index is 0.0657. The summed E-state index contributed by atoms with van der Waals surface area (Å²) < 4.78 is 45.0. The quantitative estimate of drug-likeness (QED) is 0.856. The SMILES string of the molecule is COC(=O)c1cc(NC(=O)N(C)Cc2cccc(F)c2)c(F)cc1F. The first-order valence-electron chi connectivity index (χ1n) is 7.15. The number of carbonyl (C=O) groups is 2. The number of rotatable bonds is 4. The molecule has 0 aliphatic carbocycles. The maximum absolute atomic E-state index is 13.8. The highest BCUT2D eigenvalue weighted by Crippen LogP contribution is 2.21. The van der Waals surface area contributed by atoms with Gasteiger partial charge in [0.15, 0.2) is 0 Å². The van der Waals surface area contributed by atoms with E-state index in [1.807, 2.05) is 0 Å². The molecule has 0 heterocycles. The molecule has 0 radical (unpaired) electrons. The molecule has 0 aromatic heterocycles. The largest absolute Gasteiger partial charge is 0.465 e. The number of benzene rings is 2. The van der Waals surface area contributed by atoms with E-state index in [0.29, 0.717) is 11.6 Å². The monoisotopic (exact) mass is 352 g/mol. The normalized spacial score (nSPS) is 10.3. The first-order chi connectivity index (χ1) is 11.8. The van der Waals surface area contributed by atoms with Gasteiger partial charge >= 0.3 is 12.0 Å². The van der Waals surface area contributed by atoms with E-state index in [1.165, 1.54) is 30.1 Å². The fourth-order valence-corrected chi connectivity index (χ4v) is 2.10. The maximum Gasteiger partial charge on any atom is 0.340 e. The lowest BCUT2D eigenvalue weighted by Gasteiger charge is -2.18. The van der Waals surface area contributed by atoms with Crippen molar-refractivity contribution in [1.82, 2.24) is 4.90 Å². The van der Waals surface area contributed by atoms with Gasteiger partial charge in [0.25, 0.3) is 0 Å². The number of ether oxygens (including phenoxy) is 1. The van der Waals surface area contributed by atoms with Crippen LogP contribution in [-0.4, -0.2) is 31.1 Å². The Labute approximate surface area is 142 Å². The number of carbonyl (C=O) groups excluding carboxylic acids is 2. The van der Waals surface area contributed by atoms with Crippen molar-refractivity contribution < 1.29 is 27.5 Å². The van der Waals surface area contributed by atoms with E-state index in [4.69, 9.17) is 0 Å². The number of amides is 2. The second-order valence-corrected chi connectivity index (χ2v) is 5.22. The number of hydrogen-bond donors (Lipinski definition) is 1. The van der Waals surface area contributed by atoms with Crippen LogP contribution in [0.3, 0.4) is 0 Å². The van der Waals surface area contributed by atoms with Crippen LogP contribution in [0.25, 0.3) is 0 Å². The molecule has 5 nitrogen and oxygen atoms in total. The van der Waals surface area contributed by atoms with E-state index in [-0.39, 0.29) is 12.2 Å². The maximum atomic E-state index is 13.8. The van der Waals surface area contributed by atoms with Crippen molar-refractivity contribution in [3.63, 3.8) is 0 Å². The molecule has 0 unspecified atom stereocenters. The second kappa shape index (κ2) is 7.69. The third-order valence-corrected chi connectivity index (χ3v) is 3.36. The van der Waals surface area contributed by atoms with E-state index in [2.05, 4.69) is 10.1 Å². The molecule has 1 N–H and O–H groups in total. The molecule has 132 valence electrons. The Kier molecular flexibility index (Phi) is 5.63. The van der Waals surface area contributed by atoms with E-state index in [1.54, 1.807) is 6.07 Å². The van der Waals surface area contributed by atoms with Gasteiger partial charge in [0.2, 0.25) is 0 Å². The van der Waals surface area contributed by atoms with Crippen molar-refractivity contribution in [3.8, 4) is 0 Å². The molecule has 0 atom stereocenters. The minimum atomic E-state index is -1.10. The van der Waals surface area contributed by atoms with Crippen LogP contribution < -0.4 is 5.32 Å². The summed E-state index contributed by atoms with van der Waals surface area (Å²) in [5, 5.41) is 2.24. The van der Waals surface area contributed by atoms with Crippen LogP contribution >= 0.6 is 0 Å². The van der Waals surface area contributed by atoms with Gasteiger partial charge in [-0.15, -0.1) is 0 Å². The topological polar surface area (TPSA) is 58.6 Å². The van der Waals surface area contributed by atoms with Gasteiger partial charge in [0.1, 0.15) is 17.5 Å². The predicted molar refractivity (Wildman–Crippen MR) is 84.6 cm³/mol. The van der Waals surface area contributed by atoms with E-state index >= 15 is 0 Å². The number of nitrogens with one attached hydrogen (secondary N) is 1. The molecule has 0 fully saturated rings. The fraction of sp³-hybridized carbons (Fsp3) is 0.176. The molecule has 2 rings (SSSR count). The highest BCUT2D eigenvalue weighted by atomic mass is 19.1. The lowest BCUT2D eigenvalue weighted by atomic mass is 10.1. The van der Waals surface area contributed by atoms with Crippen LogP contribution in [0.1, 0.15) is 15.9 Å². The smallest absolute Gasteiger partial charge is 0.340 e. The molecule has 0 saturated carbocycles. The summed E-state index contributed by atoms with van der Waals surface area (Å²) in [7, 11) is 2.47. The molecule has 0 aliphatic heterocycles. The van der Waals surface area contributed by atoms with Gasteiger partial charge < -0.3 is 15.0 Å². The van der Waals surface area contributed by atoms with Crippen LogP contribution in [0.15, 0.2) is 36.4 Å². The molecule has 2 aromatic carbocycles. The Hall–Kier alpha value is -3.03. The van der Waals surface area contributed by atoms with Crippen LogP contribution in [0.5, 0.6) is 0 Å². The van der Waals surface area contributed by atoms with Gasteiger partial charge in [0, 0.05) is 19.7 Å². The molecular weight excluding hydrogens is 337 g/mol. The highest BCUT2D eigenvalue weighted by Gasteiger charge is 2.19. The third kappa shape index (κ3) is 4.50. The molecule has 0 bridgehead atoms. The fourth-order valence-electron chi connectivity index (χ4n) is 2.10. The lowest BCUT2D eigenvalue weighted by molar-refractivity contribution is 0.0595. The Morgan fingerprint density at radius 3 is 2.48 bits per heavy atom. The van der Waals surface area contributed by atoms with E-state index in [0.717, 1.165) is 13.2 Å². The number of halogens is 3. The standard InChI is InChI=1S/C17H15F3N2O3/c1-22(9-10-4-3-5-11(18)6-10)17(24)21-15-7-12(16(23)25-2)13(19)8-14(15)20/h3-8H,9H2,1-2H3,(H,21,24). The van der Waals surface area contributed by atoms with Gasteiger partial charge in [-0.05, 0) is 23.8 Å². The molecule has 0 saturated heterocycles. The molecule has 0 spiro atoms. The van der Waals surface area contributed by atoms with Gasteiger partial charge in [-0.3, -0.25) is 0 Å². The van der Waals surface area contributed by atoms with Crippen LogP contribution in [-0.2, 0) is 11.3 Å². The summed E-state index contributed by atoms with van der Waals surface area (Å²) in [6, 6.07) is 6.27. The summed E-state index contributed by atoms with van der Waals surface area (Å²) >= 11 is 0. The minimum Gasteiger partial charge on any atom is -0.465 e. The number of hydrogen-bond acceptors (Lipinski definition) is 3. The van der Waals surface area contributed by atoms with Crippen molar-refractivity contribution in [3.05, 3.63) is 65.0 Å². The molecule has 25 heavy (non-hydrogen) atoms. The Morgan fingerprint density at radius 1 is 1.12 bits per heavy atom. The average molecular weight is 352 g/mol. The first-order valence-corrected chi connectivity index (χ1v) is 7.15. The Balaban J connectivity index is 2.15. The summed E-state index contributed by atoms with van der Waals surface area (Å²) in [5.41, 5.74) is -0.350. The zero-order valence-electron chi connectivity index (χ0n) is 13.5. The summed E-state index contributed by atoms with van der Waals surface area (Å²) in [6.45, 7) is 0.0657. The first kappa shape index (κ1) is 18.3. The number of urea groups is 1. The van der Waals surface area contributed by atoms with E-state index < -0.39 is 35.0 Å². The van der Waals surface area contributed by atoms with Crippen LogP contribution in [0, 0.1) is 17.5 Å². The van der Waals surface area contributed by atoms with Crippen molar-refractivity contribution in [2.24, 2.45) is 0 Å². The van der Waals surface area contributed by atoms with E-state index in [9.17, 15) is 22.8 Å². The molecule has 2 aromatic rings. The van der Waals surface area contributed by atoms with Crippen LogP contribution in [0.2, 0.25) is 0 Å². The zero-order chi connectivity index (χ0) is 18.6. The predicted octanol–water partition coefficient (Wildman–Crippen LogP) is 3.55. The number of esters is 1. The summed E-state index contributed by atoms with van der Waals surface area (Å²) in [5.74, 6) is -3.59. The van der Waals surface area contributed by atoms with Crippen LogP contribution in [0.4, 0.5) is 23.7 Å². The Bertz CT molecular complexity index is 812. The highest BCUT2D eigenvalue weighted by molar-refractivity contribution is 5.94.